The highest BCUT2D eigenvalue weighted by molar-refractivity contribution is 5.21. The SMILES string of the molecule is Cn1nnnc1NCC1CC(N)C1. The first-order chi connectivity index (χ1) is 6.25. The van der Waals surface area contributed by atoms with Crippen molar-refractivity contribution in [2.24, 2.45) is 18.7 Å². The summed E-state index contributed by atoms with van der Waals surface area (Å²) < 4.78 is 1.62. The minimum Gasteiger partial charge on any atom is -0.353 e. The van der Waals surface area contributed by atoms with Crippen LogP contribution in [0.25, 0.3) is 0 Å². The lowest BCUT2D eigenvalue weighted by Crippen LogP contribution is -2.39. The van der Waals surface area contributed by atoms with E-state index in [1.807, 2.05) is 7.05 Å². The summed E-state index contributed by atoms with van der Waals surface area (Å²) in [6.07, 6.45) is 2.22. The summed E-state index contributed by atoms with van der Waals surface area (Å²) in [7, 11) is 1.81. The van der Waals surface area contributed by atoms with Crippen LogP contribution < -0.4 is 11.1 Å². The third-order valence-electron chi connectivity index (χ3n) is 2.44. The summed E-state index contributed by atoms with van der Waals surface area (Å²) in [5.74, 6) is 1.41. The Morgan fingerprint density at radius 1 is 1.62 bits per heavy atom. The Balaban J connectivity index is 1.77. The molecule has 1 aromatic heterocycles. The number of nitrogens with zero attached hydrogens (tertiary/aromatic N) is 4. The second kappa shape index (κ2) is 3.29. The van der Waals surface area contributed by atoms with E-state index in [1.54, 1.807) is 4.68 Å². The van der Waals surface area contributed by atoms with Crippen LogP contribution in [0.2, 0.25) is 0 Å². The Morgan fingerprint density at radius 3 is 2.92 bits per heavy atom. The molecule has 0 aliphatic heterocycles. The molecule has 0 bridgehead atoms. The van der Waals surface area contributed by atoms with E-state index < -0.39 is 0 Å². The zero-order valence-electron chi connectivity index (χ0n) is 7.64. The monoisotopic (exact) mass is 182 g/mol. The number of tetrazole rings is 1. The topological polar surface area (TPSA) is 81.7 Å². The van der Waals surface area contributed by atoms with Gasteiger partial charge in [0.1, 0.15) is 0 Å². The minimum atomic E-state index is 0.407. The van der Waals surface area contributed by atoms with Crippen molar-refractivity contribution in [2.45, 2.75) is 18.9 Å². The van der Waals surface area contributed by atoms with Gasteiger partial charge in [0.2, 0.25) is 5.95 Å². The quantitative estimate of drug-likeness (QED) is 0.649. The molecule has 0 amide bonds. The number of nitrogens with one attached hydrogen (secondary N) is 1. The molecule has 13 heavy (non-hydrogen) atoms. The molecule has 1 saturated carbocycles. The van der Waals surface area contributed by atoms with E-state index in [4.69, 9.17) is 5.73 Å². The summed E-state index contributed by atoms with van der Waals surface area (Å²) in [6.45, 7) is 0.919. The number of aromatic nitrogens is 4. The average Bonchev–Trinajstić information content (AvgIpc) is 2.43. The molecule has 3 N–H and O–H groups in total. The molecule has 72 valence electrons. The molecule has 2 rings (SSSR count). The first-order valence-electron chi connectivity index (χ1n) is 4.47. The van der Waals surface area contributed by atoms with E-state index >= 15 is 0 Å². The first kappa shape index (κ1) is 8.43. The van der Waals surface area contributed by atoms with Crippen molar-refractivity contribution < 1.29 is 0 Å². The van der Waals surface area contributed by atoms with E-state index in [0.717, 1.165) is 25.3 Å². The molecular formula is C7H14N6. The number of hydrogen-bond donors (Lipinski definition) is 2. The smallest absolute Gasteiger partial charge is 0.242 e. The van der Waals surface area contributed by atoms with Crippen molar-refractivity contribution >= 4 is 5.95 Å². The maximum absolute atomic E-state index is 5.67. The highest BCUT2D eigenvalue weighted by atomic mass is 15.6. The highest BCUT2D eigenvalue weighted by Crippen LogP contribution is 2.25. The van der Waals surface area contributed by atoms with Crippen molar-refractivity contribution in [3.05, 3.63) is 0 Å². The van der Waals surface area contributed by atoms with Crippen LogP contribution in [-0.4, -0.2) is 32.8 Å². The largest absolute Gasteiger partial charge is 0.353 e. The highest BCUT2D eigenvalue weighted by Gasteiger charge is 2.25. The number of anilines is 1. The molecule has 1 fully saturated rings. The van der Waals surface area contributed by atoms with Crippen LogP contribution in [0.5, 0.6) is 0 Å². The van der Waals surface area contributed by atoms with Crippen molar-refractivity contribution in [3.63, 3.8) is 0 Å². The zero-order valence-corrected chi connectivity index (χ0v) is 7.64. The minimum absolute atomic E-state index is 0.407. The summed E-state index contributed by atoms with van der Waals surface area (Å²) in [5.41, 5.74) is 5.67. The van der Waals surface area contributed by atoms with Crippen molar-refractivity contribution in [1.29, 1.82) is 0 Å². The first-order valence-corrected chi connectivity index (χ1v) is 4.47. The zero-order chi connectivity index (χ0) is 9.26. The second-order valence-corrected chi connectivity index (χ2v) is 3.60. The predicted octanol–water partition coefficient (Wildman–Crippen LogP) is -0.641. The van der Waals surface area contributed by atoms with Crippen molar-refractivity contribution in [3.8, 4) is 0 Å². The molecular weight excluding hydrogens is 168 g/mol. The van der Waals surface area contributed by atoms with Gasteiger partial charge in [0.05, 0.1) is 0 Å². The lowest BCUT2D eigenvalue weighted by molar-refractivity contribution is 0.279. The van der Waals surface area contributed by atoms with Gasteiger partial charge >= 0.3 is 0 Å². The summed E-state index contributed by atoms with van der Waals surface area (Å²) in [5, 5.41) is 14.3. The molecule has 0 atom stereocenters. The Hall–Kier alpha value is -1.17. The van der Waals surface area contributed by atoms with Gasteiger partial charge in [-0.1, -0.05) is 5.10 Å². The van der Waals surface area contributed by atoms with Gasteiger partial charge in [-0.05, 0) is 29.2 Å². The molecule has 6 nitrogen and oxygen atoms in total. The maximum Gasteiger partial charge on any atom is 0.242 e. The number of hydrogen-bond acceptors (Lipinski definition) is 5. The normalized spacial score (nSPS) is 26.9. The fourth-order valence-electron chi connectivity index (χ4n) is 1.57. The molecule has 0 aromatic carbocycles. The van der Waals surface area contributed by atoms with Gasteiger partial charge in [0.25, 0.3) is 0 Å². The molecule has 1 aliphatic rings. The van der Waals surface area contributed by atoms with Crippen LogP contribution in [0.4, 0.5) is 5.95 Å². The van der Waals surface area contributed by atoms with Crippen LogP contribution in [0.1, 0.15) is 12.8 Å². The second-order valence-electron chi connectivity index (χ2n) is 3.60. The van der Waals surface area contributed by atoms with Gasteiger partial charge in [-0.2, -0.15) is 0 Å². The third-order valence-corrected chi connectivity index (χ3v) is 2.44. The fourth-order valence-corrected chi connectivity index (χ4v) is 1.57. The molecule has 0 spiro atoms. The van der Waals surface area contributed by atoms with Crippen LogP contribution in [0.3, 0.4) is 0 Å². The van der Waals surface area contributed by atoms with Crippen LogP contribution in [-0.2, 0) is 7.05 Å². The molecule has 6 heteroatoms. The predicted molar refractivity (Wildman–Crippen MR) is 48.0 cm³/mol. The third kappa shape index (κ3) is 1.77. The summed E-state index contributed by atoms with van der Waals surface area (Å²) in [6, 6.07) is 0.407. The number of nitrogens with two attached hydrogens (primary N) is 1. The van der Waals surface area contributed by atoms with Crippen molar-refractivity contribution in [2.75, 3.05) is 11.9 Å². The molecule has 1 aromatic rings. The summed E-state index contributed by atoms with van der Waals surface area (Å²) >= 11 is 0. The molecule has 0 unspecified atom stereocenters. The van der Waals surface area contributed by atoms with E-state index in [2.05, 4.69) is 20.8 Å². The molecule has 1 aliphatic carbocycles. The van der Waals surface area contributed by atoms with Crippen LogP contribution >= 0.6 is 0 Å². The van der Waals surface area contributed by atoms with Gasteiger partial charge in [0, 0.05) is 19.6 Å². The van der Waals surface area contributed by atoms with E-state index in [-0.39, 0.29) is 0 Å². The van der Waals surface area contributed by atoms with E-state index in [1.165, 1.54) is 0 Å². The standard InChI is InChI=1S/C7H14N6/c1-13-7(10-11-12-13)9-4-5-2-6(8)3-5/h5-6H,2-4,8H2,1H3,(H,9,10,12). The summed E-state index contributed by atoms with van der Waals surface area (Å²) in [4.78, 5) is 0. The molecule has 0 saturated heterocycles. The Morgan fingerprint density at radius 2 is 2.38 bits per heavy atom. The Labute approximate surface area is 76.5 Å². The fraction of sp³-hybridized carbons (Fsp3) is 0.857. The van der Waals surface area contributed by atoms with Gasteiger partial charge in [-0.15, -0.1) is 0 Å². The maximum atomic E-state index is 5.67. The van der Waals surface area contributed by atoms with Gasteiger partial charge in [-0.25, -0.2) is 4.68 Å². The van der Waals surface area contributed by atoms with Gasteiger partial charge in [-0.3, -0.25) is 0 Å². The Bertz CT molecular complexity index is 276. The van der Waals surface area contributed by atoms with E-state index in [9.17, 15) is 0 Å². The lowest BCUT2D eigenvalue weighted by Gasteiger charge is -2.32. The number of rotatable bonds is 3. The van der Waals surface area contributed by atoms with Gasteiger partial charge < -0.3 is 11.1 Å². The number of aryl methyl sites for hydroxylation is 1. The average molecular weight is 182 g/mol. The Kier molecular flexibility index (Phi) is 2.13. The lowest BCUT2D eigenvalue weighted by atomic mass is 9.81. The van der Waals surface area contributed by atoms with Gasteiger partial charge in [0.15, 0.2) is 0 Å². The molecule has 0 radical (unpaired) electrons. The van der Waals surface area contributed by atoms with Crippen molar-refractivity contribution in [1.82, 2.24) is 20.2 Å². The van der Waals surface area contributed by atoms with E-state index in [0.29, 0.717) is 12.0 Å². The van der Waals surface area contributed by atoms with Crippen LogP contribution in [0.15, 0.2) is 0 Å². The van der Waals surface area contributed by atoms with Crippen LogP contribution in [0, 0.1) is 5.92 Å². The molecule has 1 heterocycles.